The fraction of sp³-hybridized carbons (Fsp3) is 0.467. The summed E-state index contributed by atoms with van der Waals surface area (Å²) < 4.78 is 37.3. The first kappa shape index (κ1) is 20.2. The Kier molecular flexibility index (Phi) is 7.04. The molecule has 1 aromatic rings. The zero-order chi connectivity index (χ0) is 17.0. The van der Waals surface area contributed by atoms with E-state index in [-0.39, 0.29) is 36.3 Å². The van der Waals surface area contributed by atoms with Crippen molar-refractivity contribution in [3.8, 4) is 0 Å². The number of alkyl halides is 3. The van der Waals surface area contributed by atoms with Gasteiger partial charge < -0.3 is 16.0 Å². The lowest BCUT2D eigenvalue weighted by molar-refractivity contribution is -0.137. The van der Waals surface area contributed by atoms with E-state index in [0.717, 1.165) is 30.7 Å². The first-order valence-corrected chi connectivity index (χ1v) is 7.24. The molecule has 1 aliphatic rings. The summed E-state index contributed by atoms with van der Waals surface area (Å²) in [6.07, 6.45) is -3.60. The second-order valence-corrected chi connectivity index (χ2v) is 5.49. The highest BCUT2D eigenvalue weighted by Crippen LogP contribution is 2.29. The van der Waals surface area contributed by atoms with Gasteiger partial charge in [-0.15, -0.1) is 12.4 Å². The zero-order valence-corrected chi connectivity index (χ0v) is 13.6. The Hall–Kier alpha value is -1.80. The molecule has 0 aliphatic carbocycles. The van der Waals surface area contributed by atoms with Gasteiger partial charge in [0.15, 0.2) is 0 Å². The second kappa shape index (κ2) is 8.34. The van der Waals surface area contributed by atoms with Gasteiger partial charge in [-0.3, -0.25) is 9.59 Å². The van der Waals surface area contributed by atoms with Crippen LogP contribution in [0.25, 0.3) is 0 Å². The normalized spacial score (nSPS) is 17.3. The summed E-state index contributed by atoms with van der Waals surface area (Å²) >= 11 is 0. The minimum atomic E-state index is -4.44. The molecule has 1 aromatic carbocycles. The molecule has 2 amide bonds. The van der Waals surface area contributed by atoms with Crippen molar-refractivity contribution in [3.05, 3.63) is 35.4 Å². The number of hydrogen-bond donors (Lipinski definition) is 2. The van der Waals surface area contributed by atoms with Gasteiger partial charge in [0.25, 0.3) is 5.91 Å². The number of carbonyl (C=O) groups excluding carboxylic acids is 2. The number of carbonyl (C=O) groups is 2. The monoisotopic (exact) mass is 365 g/mol. The van der Waals surface area contributed by atoms with Crippen LogP contribution in [0.1, 0.15) is 22.3 Å². The summed E-state index contributed by atoms with van der Waals surface area (Å²) in [5.41, 5.74) is 4.80. The average Bonchev–Trinajstić information content (AvgIpc) is 3.00. The smallest absolute Gasteiger partial charge is 0.343 e. The van der Waals surface area contributed by atoms with E-state index in [0.29, 0.717) is 19.6 Å². The van der Waals surface area contributed by atoms with Crippen LogP contribution >= 0.6 is 12.4 Å². The minimum Gasteiger partial charge on any atom is -0.343 e. The summed E-state index contributed by atoms with van der Waals surface area (Å²) in [7, 11) is 0. The predicted octanol–water partition coefficient (Wildman–Crippen LogP) is 1.66. The van der Waals surface area contributed by atoms with E-state index < -0.39 is 17.6 Å². The van der Waals surface area contributed by atoms with Crippen molar-refractivity contribution in [1.82, 2.24) is 10.2 Å². The van der Waals surface area contributed by atoms with Crippen LogP contribution in [-0.2, 0) is 11.0 Å². The minimum absolute atomic E-state index is 0. The van der Waals surface area contributed by atoms with Crippen molar-refractivity contribution in [1.29, 1.82) is 0 Å². The van der Waals surface area contributed by atoms with Crippen molar-refractivity contribution < 1.29 is 22.8 Å². The third-order valence-electron chi connectivity index (χ3n) is 3.85. The summed E-state index contributed by atoms with van der Waals surface area (Å²) in [5.74, 6) is -0.521. The summed E-state index contributed by atoms with van der Waals surface area (Å²) in [6, 6.07) is 3.85. The Bertz CT molecular complexity index is 578. The lowest BCUT2D eigenvalue weighted by atomic mass is 10.1. The lowest BCUT2D eigenvalue weighted by Crippen LogP contribution is -2.39. The van der Waals surface area contributed by atoms with Crippen LogP contribution in [0.5, 0.6) is 0 Å². The molecule has 1 saturated heterocycles. The largest absolute Gasteiger partial charge is 0.416 e. The maximum Gasteiger partial charge on any atom is 0.416 e. The van der Waals surface area contributed by atoms with Gasteiger partial charge in [0, 0.05) is 18.7 Å². The van der Waals surface area contributed by atoms with Crippen LogP contribution < -0.4 is 11.1 Å². The van der Waals surface area contributed by atoms with Crippen molar-refractivity contribution in [3.63, 3.8) is 0 Å². The van der Waals surface area contributed by atoms with E-state index in [9.17, 15) is 22.8 Å². The number of likely N-dealkylation sites (tertiary alicyclic amines) is 1. The van der Waals surface area contributed by atoms with E-state index in [1.165, 1.54) is 0 Å². The Balaban J connectivity index is 0.00000288. The molecular weight excluding hydrogens is 347 g/mol. The summed E-state index contributed by atoms with van der Waals surface area (Å²) in [5, 5.41) is 2.42. The molecule has 1 fully saturated rings. The molecule has 1 heterocycles. The van der Waals surface area contributed by atoms with Gasteiger partial charge in [-0.1, -0.05) is 0 Å². The maximum atomic E-state index is 12.4. The van der Waals surface area contributed by atoms with Crippen LogP contribution in [0.15, 0.2) is 24.3 Å². The highest BCUT2D eigenvalue weighted by molar-refractivity contribution is 5.96. The van der Waals surface area contributed by atoms with Crippen LogP contribution in [0.4, 0.5) is 13.2 Å². The number of hydrogen-bond acceptors (Lipinski definition) is 3. The van der Waals surface area contributed by atoms with E-state index >= 15 is 0 Å². The van der Waals surface area contributed by atoms with Crippen molar-refractivity contribution in [2.75, 3.05) is 26.2 Å². The van der Waals surface area contributed by atoms with Crippen LogP contribution in [0, 0.1) is 5.92 Å². The van der Waals surface area contributed by atoms with Gasteiger partial charge in [-0.2, -0.15) is 13.2 Å². The number of nitrogens with two attached hydrogens (primary N) is 1. The third-order valence-corrected chi connectivity index (χ3v) is 3.85. The molecular formula is C15H19ClF3N3O2. The standard InChI is InChI=1S/C15H18F3N3O2.ClH/c16-15(17,18)12-3-1-11(2-4-12)14(23)20-8-13(22)21-6-5-10(7-19)9-21;/h1-4,10H,5-9,19H2,(H,20,23);1H. The Labute approximate surface area is 143 Å². The number of amides is 2. The van der Waals surface area contributed by atoms with Gasteiger partial charge >= 0.3 is 6.18 Å². The highest BCUT2D eigenvalue weighted by Gasteiger charge is 2.30. The topological polar surface area (TPSA) is 75.4 Å². The van der Waals surface area contributed by atoms with Crippen LogP contribution in [0.2, 0.25) is 0 Å². The summed E-state index contributed by atoms with van der Waals surface area (Å²) in [6.45, 7) is 1.52. The van der Waals surface area contributed by atoms with Crippen molar-refractivity contribution >= 4 is 24.2 Å². The van der Waals surface area contributed by atoms with E-state index in [1.54, 1.807) is 4.90 Å². The molecule has 0 saturated carbocycles. The molecule has 9 heteroatoms. The molecule has 1 atom stereocenters. The quantitative estimate of drug-likeness (QED) is 0.852. The molecule has 0 aromatic heterocycles. The van der Waals surface area contributed by atoms with Crippen LogP contribution in [0.3, 0.4) is 0 Å². The van der Waals surface area contributed by atoms with E-state index in [2.05, 4.69) is 5.32 Å². The molecule has 0 bridgehead atoms. The Morgan fingerprint density at radius 3 is 2.38 bits per heavy atom. The van der Waals surface area contributed by atoms with E-state index in [1.807, 2.05) is 0 Å². The van der Waals surface area contributed by atoms with Gasteiger partial charge in [0.1, 0.15) is 0 Å². The highest BCUT2D eigenvalue weighted by atomic mass is 35.5. The van der Waals surface area contributed by atoms with Gasteiger partial charge in [0.05, 0.1) is 12.1 Å². The maximum absolute atomic E-state index is 12.4. The molecule has 134 valence electrons. The number of nitrogens with zero attached hydrogens (tertiary/aromatic N) is 1. The van der Waals surface area contributed by atoms with Crippen molar-refractivity contribution in [2.24, 2.45) is 11.7 Å². The van der Waals surface area contributed by atoms with Crippen molar-refractivity contribution in [2.45, 2.75) is 12.6 Å². The molecule has 5 nitrogen and oxygen atoms in total. The lowest BCUT2D eigenvalue weighted by Gasteiger charge is -2.16. The van der Waals surface area contributed by atoms with Gasteiger partial charge in [-0.25, -0.2) is 0 Å². The second-order valence-electron chi connectivity index (χ2n) is 5.49. The molecule has 24 heavy (non-hydrogen) atoms. The van der Waals surface area contributed by atoms with Crippen LogP contribution in [-0.4, -0.2) is 42.9 Å². The zero-order valence-electron chi connectivity index (χ0n) is 12.8. The number of rotatable bonds is 4. The average molecular weight is 366 g/mol. The SMILES string of the molecule is Cl.NCC1CCN(C(=O)CNC(=O)c2ccc(C(F)(F)F)cc2)C1. The van der Waals surface area contributed by atoms with E-state index in [4.69, 9.17) is 5.73 Å². The third kappa shape index (κ3) is 5.10. The molecule has 1 unspecified atom stereocenters. The molecule has 0 spiro atoms. The molecule has 1 aliphatic heterocycles. The summed E-state index contributed by atoms with van der Waals surface area (Å²) in [4.78, 5) is 25.4. The first-order chi connectivity index (χ1) is 10.8. The predicted molar refractivity (Wildman–Crippen MR) is 84.8 cm³/mol. The van der Waals surface area contributed by atoms with Gasteiger partial charge in [0.2, 0.25) is 5.91 Å². The first-order valence-electron chi connectivity index (χ1n) is 7.24. The fourth-order valence-corrected chi connectivity index (χ4v) is 2.43. The molecule has 2 rings (SSSR count). The Morgan fingerprint density at radius 1 is 1.25 bits per heavy atom. The number of benzene rings is 1. The molecule has 3 N–H and O–H groups in total. The molecule has 0 radical (unpaired) electrons. The number of nitrogens with one attached hydrogen (secondary N) is 1. The fourth-order valence-electron chi connectivity index (χ4n) is 2.43. The van der Waals surface area contributed by atoms with Gasteiger partial charge in [-0.05, 0) is 43.1 Å². The Morgan fingerprint density at radius 2 is 1.88 bits per heavy atom. The number of halogens is 4.